The molecule has 0 bridgehead atoms. The highest BCUT2D eigenvalue weighted by atomic mass is 79.9. The molecule has 19 heavy (non-hydrogen) atoms. The lowest BCUT2D eigenvalue weighted by atomic mass is 9.89. The van der Waals surface area contributed by atoms with Crippen LogP contribution in [-0.2, 0) is 12.0 Å². The molecule has 0 aliphatic rings. The second-order valence-electron chi connectivity index (χ2n) is 4.67. The molecule has 0 saturated heterocycles. The van der Waals surface area contributed by atoms with E-state index in [0.717, 1.165) is 10.0 Å². The van der Waals surface area contributed by atoms with Crippen LogP contribution in [0.15, 0.2) is 46.9 Å². The number of benzene rings is 2. The van der Waals surface area contributed by atoms with Crippen LogP contribution >= 0.6 is 27.5 Å². The summed E-state index contributed by atoms with van der Waals surface area (Å²) in [6.07, 6.45) is 0.168. The predicted octanol–water partition coefficient (Wildman–Crippen LogP) is 4.69. The summed E-state index contributed by atoms with van der Waals surface area (Å²) in [5.41, 5.74) is -0.0119. The molecule has 2 rings (SSSR count). The van der Waals surface area contributed by atoms with Gasteiger partial charge in [-0.2, -0.15) is 0 Å². The molecule has 0 amide bonds. The highest BCUT2D eigenvalue weighted by molar-refractivity contribution is 9.10. The highest BCUT2D eigenvalue weighted by Gasteiger charge is 2.25. The summed E-state index contributed by atoms with van der Waals surface area (Å²) in [5.74, 6) is -0.471. The Kier molecular flexibility index (Phi) is 4.29. The van der Waals surface area contributed by atoms with Crippen molar-refractivity contribution < 1.29 is 9.50 Å². The van der Waals surface area contributed by atoms with E-state index in [1.165, 1.54) is 6.07 Å². The number of hydrogen-bond donors (Lipinski definition) is 1. The van der Waals surface area contributed by atoms with Crippen molar-refractivity contribution in [2.24, 2.45) is 0 Å². The molecule has 0 spiro atoms. The molecule has 0 aliphatic carbocycles. The Balaban J connectivity index is 2.30. The summed E-state index contributed by atoms with van der Waals surface area (Å²) in [6.45, 7) is 1.66. The molecule has 0 aliphatic heterocycles. The first-order valence-electron chi connectivity index (χ1n) is 5.81. The van der Waals surface area contributed by atoms with Crippen LogP contribution in [-0.4, -0.2) is 5.11 Å². The third-order valence-electron chi connectivity index (χ3n) is 3.03. The molecule has 2 aromatic rings. The van der Waals surface area contributed by atoms with Gasteiger partial charge in [0.15, 0.2) is 0 Å². The van der Waals surface area contributed by atoms with Crippen LogP contribution in [0.1, 0.15) is 18.1 Å². The second kappa shape index (κ2) is 5.61. The van der Waals surface area contributed by atoms with Gasteiger partial charge in [0.05, 0.1) is 10.6 Å². The third kappa shape index (κ3) is 3.35. The van der Waals surface area contributed by atoms with Gasteiger partial charge in [0.2, 0.25) is 0 Å². The normalized spacial score (nSPS) is 14.2. The molecule has 1 atom stereocenters. The Morgan fingerprint density at radius 2 is 1.84 bits per heavy atom. The topological polar surface area (TPSA) is 20.2 Å². The Labute approximate surface area is 125 Å². The zero-order chi connectivity index (χ0) is 14.0. The maximum atomic E-state index is 13.9. The average molecular weight is 344 g/mol. The van der Waals surface area contributed by atoms with Crippen LogP contribution in [0.4, 0.5) is 4.39 Å². The Bertz CT molecular complexity index is 581. The summed E-state index contributed by atoms with van der Waals surface area (Å²) >= 11 is 9.09. The third-order valence-corrected chi connectivity index (χ3v) is 3.85. The van der Waals surface area contributed by atoms with Crippen molar-refractivity contribution in [3.63, 3.8) is 0 Å². The SMILES string of the molecule is CC(O)(Cc1cccc(Cl)c1F)c1ccc(Br)cc1. The molecule has 1 nitrogen and oxygen atoms in total. The van der Waals surface area contributed by atoms with E-state index in [1.807, 2.05) is 24.3 Å². The lowest BCUT2D eigenvalue weighted by Gasteiger charge is -2.24. The smallest absolute Gasteiger partial charge is 0.145 e. The molecule has 0 radical (unpaired) electrons. The monoisotopic (exact) mass is 342 g/mol. The Morgan fingerprint density at radius 3 is 2.47 bits per heavy atom. The van der Waals surface area contributed by atoms with E-state index in [4.69, 9.17) is 11.6 Å². The number of hydrogen-bond acceptors (Lipinski definition) is 1. The highest BCUT2D eigenvalue weighted by Crippen LogP contribution is 2.29. The molecule has 0 heterocycles. The lowest BCUT2D eigenvalue weighted by molar-refractivity contribution is 0.0567. The van der Waals surface area contributed by atoms with Crippen molar-refractivity contribution in [3.05, 3.63) is 68.9 Å². The van der Waals surface area contributed by atoms with Crippen LogP contribution in [0, 0.1) is 5.82 Å². The van der Waals surface area contributed by atoms with Gasteiger partial charge in [0.25, 0.3) is 0 Å². The van der Waals surface area contributed by atoms with Gasteiger partial charge in [-0.1, -0.05) is 51.8 Å². The first-order chi connectivity index (χ1) is 8.90. The number of aliphatic hydroxyl groups is 1. The standard InChI is InChI=1S/C15H13BrClFO/c1-15(19,11-5-7-12(16)8-6-11)9-10-3-2-4-13(17)14(10)18/h2-8,19H,9H2,1H3. The molecule has 1 N–H and O–H groups in total. The van der Waals surface area contributed by atoms with Crippen molar-refractivity contribution in [2.75, 3.05) is 0 Å². The number of halogens is 3. The molecule has 100 valence electrons. The maximum absolute atomic E-state index is 13.9. The summed E-state index contributed by atoms with van der Waals surface area (Å²) in [4.78, 5) is 0. The van der Waals surface area contributed by atoms with E-state index >= 15 is 0 Å². The zero-order valence-electron chi connectivity index (χ0n) is 10.3. The van der Waals surface area contributed by atoms with E-state index in [-0.39, 0.29) is 11.4 Å². The summed E-state index contributed by atoms with van der Waals surface area (Å²) < 4.78 is 14.8. The first-order valence-corrected chi connectivity index (χ1v) is 6.98. The minimum absolute atomic E-state index is 0.0732. The minimum Gasteiger partial charge on any atom is -0.385 e. The molecular weight excluding hydrogens is 331 g/mol. The minimum atomic E-state index is -1.15. The van der Waals surface area contributed by atoms with Crippen molar-refractivity contribution >= 4 is 27.5 Å². The zero-order valence-corrected chi connectivity index (χ0v) is 12.7. The van der Waals surface area contributed by atoms with Gasteiger partial charge in [-0.25, -0.2) is 4.39 Å². The molecular formula is C15H13BrClFO. The van der Waals surface area contributed by atoms with E-state index in [1.54, 1.807) is 19.1 Å². The van der Waals surface area contributed by atoms with Gasteiger partial charge in [0.1, 0.15) is 5.82 Å². The molecule has 0 saturated carbocycles. The molecule has 0 fully saturated rings. The fourth-order valence-electron chi connectivity index (χ4n) is 1.97. The van der Waals surface area contributed by atoms with Crippen molar-refractivity contribution in [3.8, 4) is 0 Å². The van der Waals surface area contributed by atoms with Crippen LogP contribution in [0.2, 0.25) is 5.02 Å². The predicted molar refractivity (Wildman–Crippen MR) is 78.8 cm³/mol. The van der Waals surface area contributed by atoms with Crippen LogP contribution < -0.4 is 0 Å². The van der Waals surface area contributed by atoms with Gasteiger partial charge >= 0.3 is 0 Å². The van der Waals surface area contributed by atoms with Crippen molar-refractivity contribution in [2.45, 2.75) is 18.9 Å². The largest absolute Gasteiger partial charge is 0.385 e. The second-order valence-corrected chi connectivity index (χ2v) is 5.99. The fourth-order valence-corrected chi connectivity index (χ4v) is 2.43. The molecule has 1 unspecified atom stereocenters. The van der Waals surface area contributed by atoms with Gasteiger partial charge in [-0.3, -0.25) is 0 Å². The van der Waals surface area contributed by atoms with E-state index in [9.17, 15) is 9.50 Å². The molecule has 0 aromatic heterocycles. The summed E-state index contributed by atoms with van der Waals surface area (Å²) in [5, 5.41) is 10.6. The van der Waals surface area contributed by atoms with Gasteiger partial charge in [-0.05, 0) is 36.2 Å². The summed E-state index contributed by atoms with van der Waals surface area (Å²) in [6, 6.07) is 12.1. The first kappa shape index (κ1) is 14.5. The summed E-state index contributed by atoms with van der Waals surface area (Å²) in [7, 11) is 0. The van der Waals surface area contributed by atoms with Gasteiger partial charge < -0.3 is 5.11 Å². The van der Waals surface area contributed by atoms with Crippen LogP contribution in [0.5, 0.6) is 0 Å². The van der Waals surface area contributed by atoms with Gasteiger partial charge in [0, 0.05) is 10.9 Å². The molecule has 4 heteroatoms. The molecule has 2 aromatic carbocycles. The Hall–Kier alpha value is -0.900. The quantitative estimate of drug-likeness (QED) is 0.857. The van der Waals surface area contributed by atoms with E-state index in [2.05, 4.69) is 15.9 Å². The van der Waals surface area contributed by atoms with E-state index in [0.29, 0.717) is 5.56 Å². The maximum Gasteiger partial charge on any atom is 0.145 e. The van der Waals surface area contributed by atoms with Crippen LogP contribution in [0.25, 0.3) is 0 Å². The average Bonchev–Trinajstić information content (AvgIpc) is 2.35. The van der Waals surface area contributed by atoms with Crippen molar-refractivity contribution in [1.29, 1.82) is 0 Å². The lowest BCUT2D eigenvalue weighted by Crippen LogP contribution is -2.24. The Morgan fingerprint density at radius 1 is 1.21 bits per heavy atom. The fraction of sp³-hybridized carbons (Fsp3) is 0.200. The van der Waals surface area contributed by atoms with E-state index < -0.39 is 11.4 Å². The van der Waals surface area contributed by atoms with Crippen molar-refractivity contribution in [1.82, 2.24) is 0 Å². The van der Waals surface area contributed by atoms with Crippen LogP contribution in [0.3, 0.4) is 0 Å². The number of rotatable bonds is 3. The van der Waals surface area contributed by atoms with Gasteiger partial charge in [-0.15, -0.1) is 0 Å².